The molecule has 0 spiro atoms. The van der Waals surface area contributed by atoms with E-state index in [0.717, 1.165) is 23.0 Å². The van der Waals surface area contributed by atoms with Crippen molar-refractivity contribution in [1.29, 1.82) is 0 Å². The third-order valence-corrected chi connectivity index (χ3v) is 6.03. The van der Waals surface area contributed by atoms with E-state index < -0.39 is 11.7 Å². The van der Waals surface area contributed by atoms with E-state index in [1.54, 1.807) is 6.20 Å². The summed E-state index contributed by atoms with van der Waals surface area (Å²) in [5.41, 5.74) is 3.76. The number of hydrogen-bond donors (Lipinski definition) is 2. The minimum Gasteiger partial charge on any atom is -0.476 e. The van der Waals surface area contributed by atoms with Crippen molar-refractivity contribution in [3.05, 3.63) is 97.0 Å². The molecule has 0 aliphatic heterocycles. The predicted octanol–water partition coefficient (Wildman–Crippen LogP) is 4.16. The molecule has 172 valence electrons. The van der Waals surface area contributed by atoms with Crippen molar-refractivity contribution in [2.75, 3.05) is 0 Å². The van der Waals surface area contributed by atoms with Crippen molar-refractivity contribution in [3.63, 3.8) is 0 Å². The number of aromatic carboxylic acids is 1. The Hall–Kier alpha value is -4.05. The number of hydrogen-bond acceptors (Lipinski definition) is 7. The molecule has 3 heterocycles. The summed E-state index contributed by atoms with van der Waals surface area (Å²) in [5, 5.41) is 9.09. The molecule has 0 fully saturated rings. The Kier molecular flexibility index (Phi) is 5.37. The van der Waals surface area contributed by atoms with Crippen LogP contribution >= 0.6 is 12.2 Å². The summed E-state index contributed by atoms with van der Waals surface area (Å²) in [6.07, 6.45) is 7.22. The Morgan fingerprint density at radius 1 is 1.24 bits per heavy atom. The first-order valence-electron chi connectivity index (χ1n) is 10.6. The average molecular weight is 477 g/mol. The molecule has 1 unspecified atom stereocenters. The van der Waals surface area contributed by atoms with Gasteiger partial charge < -0.3 is 13.9 Å². The molecule has 1 aliphatic carbocycles. The van der Waals surface area contributed by atoms with Gasteiger partial charge in [0.2, 0.25) is 5.89 Å². The number of nitrogens with one attached hydrogen (secondary N) is 1. The van der Waals surface area contributed by atoms with Crippen molar-refractivity contribution in [3.8, 4) is 0 Å². The van der Waals surface area contributed by atoms with E-state index in [1.165, 1.54) is 4.57 Å². The molecule has 1 aliphatic rings. The first-order chi connectivity index (χ1) is 16.3. The summed E-state index contributed by atoms with van der Waals surface area (Å²) in [7, 11) is 0. The van der Waals surface area contributed by atoms with Crippen molar-refractivity contribution in [2.24, 2.45) is 0 Å². The molecule has 0 bridgehead atoms. The highest BCUT2D eigenvalue weighted by atomic mass is 32.1. The lowest BCUT2D eigenvalue weighted by Gasteiger charge is -2.19. The lowest BCUT2D eigenvalue weighted by molar-refractivity contribution is 0.0690. The zero-order valence-corrected chi connectivity index (χ0v) is 19.2. The average Bonchev–Trinajstić information content (AvgIpc) is 3.41. The molecule has 0 saturated heterocycles. The third kappa shape index (κ3) is 3.81. The molecular weight excluding hydrogens is 456 g/mol. The highest BCUT2D eigenvalue weighted by Gasteiger charge is 2.30. The molecular formula is C24H20N4O5S. The van der Waals surface area contributed by atoms with Gasteiger partial charge in [-0.05, 0) is 24.1 Å². The SMILES string of the molecule is CCc1nc2c(o1)C=Cc1cc(C)ccc1C2c1cn(Cc2nc(C(=O)O)co2)c(=O)[nH]c1=S. The van der Waals surface area contributed by atoms with Crippen molar-refractivity contribution >= 4 is 30.3 Å². The van der Waals surface area contributed by atoms with Gasteiger partial charge in [-0.25, -0.2) is 19.6 Å². The fourth-order valence-electron chi connectivity index (χ4n) is 4.07. The second-order valence-corrected chi connectivity index (χ2v) is 8.42. The van der Waals surface area contributed by atoms with Gasteiger partial charge in [0.15, 0.2) is 17.3 Å². The molecule has 4 aromatic rings. The van der Waals surface area contributed by atoms with E-state index in [0.29, 0.717) is 29.3 Å². The van der Waals surface area contributed by atoms with Crippen LogP contribution in [0, 0.1) is 11.6 Å². The number of benzene rings is 1. The number of fused-ring (bicyclic) bond motifs is 2. The molecule has 10 heteroatoms. The number of carbonyl (C=O) groups is 1. The van der Waals surface area contributed by atoms with Gasteiger partial charge in [0.25, 0.3) is 0 Å². The summed E-state index contributed by atoms with van der Waals surface area (Å²) < 4.78 is 12.8. The molecule has 5 rings (SSSR count). The van der Waals surface area contributed by atoms with Crippen LogP contribution in [0.4, 0.5) is 0 Å². The molecule has 9 nitrogen and oxygen atoms in total. The van der Waals surface area contributed by atoms with E-state index in [4.69, 9.17) is 31.1 Å². The number of aryl methyl sites for hydroxylation is 2. The molecule has 0 saturated carbocycles. The van der Waals surface area contributed by atoms with Crippen LogP contribution in [0.3, 0.4) is 0 Å². The Morgan fingerprint density at radius 2 is 2.06 bits per heavy atom. The van der Waals surface area contributed by atoms with Gasteiger partial charge in [0.05, 0.1) is 11.6 Å². The minimum atomic E-state index is -1.21. The van der Waals surface area contributed by atoms with Gasteiger partial charge in [0, 0.05) is 18.2 Å². The van der Waals surface area contributed by atoms with Crippen molar-refractivity contribution < 1.29 is 18.7 Å². The van der Waals surface area contributed by atoms with Gasteiger partial charge in [-0.3, -0.25) is 9.55 Å². The molecule has 2 N–H and O–H groups in total. The fourth-order valence-corrected chi connectivity index (χ4v) is 4.33. The molecule has 34 heavy (non-hydrogen) atoms. The first-order valence-corrected chi connectivity index (χ1v) is 11.0. The van der Waals surface area contributed by atoms with E-state index in [-0.39, 0.29) is 28.7 Å². The van der Waals surface area contributed by atoms with Crippen LogP contribution in [-0.2, 0) is 13.0 Å². The summed E-state index contributed by atoms with van der Waals surface area (Å²) in [6.45, 7) is 3.92. The predicted molar refractivity (Wildman–Crippen MR) is 125 cm³/mol. The monoisotopic (exact) mass is 476 g/mol. The highest BCUT2D eigenvalue weighted by Crippen LogP contribution is 2.39. The van der Waals surface area contributed by atoms with Gasteiger partial charge in [-0.15, -0.1) is 0 Å². The van der Waals surface area contributed by atoms with Crippen LogP contribution in [0.1, 0.15) is 68.8 Å². The second kappa shape index (κ2) is 8.38. The van der Waals surface area contributed by atoms with Crippen LogP contribution in [-0.4, -0.2) is 30.6 Å². The van der Waals surface area contributed by atoms with E-state index in [2.05, 4.69) is 16.0 Å². The van der Waals surface area contributed by atoms with E-state index in [1.807, 2.05) is 38.1 Å². The molecule has 1 atom stereocenters. The summed E-state index contributed by atoms with van der Waals surface area (Å²) >= 11 is 5.58. The van der Waals surface area contributed by atoms with Crippen LogP contribution in [0.2, 0.25) is 0 Å². The van der Waals surface area contributed by atoms with Gasteiger partial charge in [-0.2, -0.15) is 0 Å². The number of rotatable bonds is 5. The fraction of sp³-hybridized carbons (Fsp3) is 0.208. The Labute approximate surface area is 198 Å². The van der Waals surface area contributed by atoms with Crippen molar-refractivity contribution in [2.45, 2.75) is 32.7 Å². The molecule has 0 radical (unpaired) electrons. The van der Waals surface area contributed by atoms with Crippen LogP contribution in [0.25, 0.3) is 12.2 Å². The molecule has 3 aromatic heterocycles. The third-order valence-electron chi connectivity index (χ3n) is 5.69. The quantitative estimate of drug-likeness (QED) is 0.362. The minimum absolute atomic E-state index is 0.0666. The largest absolute Gasteiger partial charge is 0.476 e. The lowest BCUT2D eigenvalue weighted by Crippen LogP contribution is -2.25. The zero-order chi connectivity index (χ0) is 24.0. The van der Waals surface area contributed by atoms with E-state index >= 15 is 0 Å². The number of carboxylic acids is 1. The van der Waals surface area contributed by atoms with E-state index in [9.17, 15) is 9.59 Å². The van der Waals surface area contributed by atoms with Gasteiger partial charge >= 0.3 is 11.7 Å². The maximum absolute atomic E-state index is 12.7. The topological polar surface area (TPSA) is 127 Å². The number of aromatic amines is 1. The maximum atomic E-state index is 12.7. The number of oxazole rings is 2. The lowest BCUT2D eigenvalue weighted by atomic mass is 9.87. The number of carboxylic acid groups (broad SMARTS) is 1. The molecule has 0 amide bonds. The normalized spacial score (nSPS) is 14.5. The maximum Gasteiger partial charge on any atom is 0.357 e. The van der Waals surface area contributed by atoms with Gasteiger partial charge in [0.1, 0.15) is 17.4 Å². The Balaban J connectivity index is 1.68. The zero-order valence-electron chi connectivity index (χ0n) is 18.4. The number of H-pyrrole nitrogens is 1. The summed E-state index contributed by atoms with van der Waals surface area (Å²) in [5.74, 6) is -0.260. The van der Waals surface area contributed by atoms with Crippen LogP contribution in [0.5, 0.6) is 0 Å². The smallest absolute Gasteiger partial charge is 0.357 e. The summed E-state index contributed by atoms with van der Waals surface area (Å²) in [6, 6.07) is 6.13. The Morgan fingerprint density at radius 3 is 2.79 bits per heavy atom. The van der Waals surface area contributed by atoms with Crippen molar-refractivity contribution in [1.82, 2.24) is 19.5 Å². The van der Waals surface area contributed by atoms with Crippen LogP contribution in [0.15, 0.2) is 44.3 Å². The second-order valence-electron chi connectivity index (χ2n) is 8.01. The number of aromatic nitrogens is 4. The number of nitrogens with zero attached hydrogens (tertiary/aromatic N) is 3. The first kappa shape index (κ1) is 21.8. The van der Waals surface area contributed by atoms with Crippen LogP contribution < -0.4 is 5.69 Å². The highest BCUT2D eigenvalue weighted by molar-refractivity contribution is 7.71. The standard InChI is InChI=1S/C24H20N4O5S/c1-3-18-26-21-17(33-18)7-5-13-8-12(2)4-6-14(13)20(21)15-9-28(24(31)27-22(15)34)10-19-25-16(11-32-19)23(29)30/h4-9,11,20H,3,10H2,1-2H3,(H,29,30)(H,27,31,34). The van der Waals surface area contributed by atoms with Gasteiger partial charge in [-0.1, -0.05) is 49.0 Å². The molecule has 1 aromatic carbocycles. The Bertz CT molecular complexity index is 1570. The summed E-state index contributed by atoms with van der Waals surface area (Å²) in [4.78, 5) is 35.2.